The molecule has 0 aliphatic rings. The van der Waals surface area contributed by atoms with Crippen molar-refractivity contribution in [3.8, 4) is 0 Å². The number of hydrogen-bond acceptors (Lipinski definition) is 7. The Morgan fingerprint density at radius 2 is 0.814 bits per heavy atom. The average Bonchev–Trinajstić information content (AvgIpc) is 3.32. The van der Waals surface area contributed by atoms with Gasteiger partial charge in [0, 0.05) is 12.8 Å². The number of likely N-dealkylation sites (N-methyl/N-ethyl adjacent to an activating group) is 1. The van der Waals surface area contributed by atoms with E-state index >= 15 is 0 Å². The molecule has 2 unspecified atom stereocenters. The lowest BCUT2D eigenvalue weighted by atomic mass is 10.0. The van der Waals surface area contributed by atoms with Crippen molar-refractivity contribution in [2.45, 2.75) is 238 Å². The summed E-state index contributed by atoms with van der Waals surface area (Å²) in [6.07, 6.45) is 67.8. The summed E-state index contributed by atoms with van der Waals surface area (Å²) >= 11 is 0. The van der Waals surface area contributed by atoms with Gasteiger partial charge in [-0.15, -0.1) is 0 Å². The van der Waals surface area contributed by atoms with E-state index in [1.165, 1.54) is 116 Å². The zero-order valence-corrected chi connectivity index (χ0v) is 46.6. The number of ether oxygens (including phenoxy) is 2. The molecule has 0 aromatic heterocycles. The van der Waals surface area contributed by atoms with Gasteiger partial charge in [-0.3, -0.25) is 18.6 Å². The number of carbonyl (C=O) groups is 2. The van der Waals surface area contributed by atoms with Crippen molar-refractivity contribution >= 4 is 19.8 Å². The average molecular weight is 1000 g/mol. The topological polar surface area (TPSA) is 108 Å². The first-order chi connectivity index (χ1) is 34.0. The fourth-order valence-electron chi connectivity index (χ4n) is 7.54. The lowest BCUT2D eigenvalue weighted by Gasteiger charge is -2.24. The SMILES string of the molecule is CC/C=C\C/C=C\C/C=C\C/C=C\C/C=C\CCCCCCCCCCCCCC(=O)OC(COC(=O)CCCCCCCCCCC/C=C\C/C=C\CCCCC)COP(=O)(O)OCC[N+](C)(C)C. The first kappa shape index (κ1) is 67.2. The maximum Gasteiger partial charge on any atom is 0.472 e. The second kappa shape index (κ2) is 51.1. The molecular weight excluding hydrogens is 894 g/mol. The molecule has 9 nitrogen and oxygen atoms in total. The zero-order valence-electron chi connectivity index (χ0n) is 45.7. The molecule has 404 valence electrons. The second-order valence-corrected chi connectivity index (χ2v) is 21.4. The molecule has 10 heteroatoms. The largest absolute Gasteiger partial charge is 0.472 e. The van der Waals surface area contributed by atoms with Crippen molar-refractivity contribution in [2.24, 2.45) is 0 Å². The summed E-state index contributed by atoms with van der Waals surface area (Å²) in [4.78, 5) is 35.7. The molecule has 0 fully saturated rings. The van der Waals surface area contributed by atoms with Crippen molar-refractivity contribution in [3.05, 3.63) is 85.1 Å². The first-order valence-electron chi connectivity index (χ1n) is 28.3. The summed E-state index contributed by atoms with van der Waals surface area (Å²) in [6.45, 7) is 4.29. The molecule has 0 amide bonds. The molecule has 0 saturated heterocycles. The highest BCUT2D eigenvalue weighted by Gasteiger charge is 2.27. The second-order valence-electron chi connectivity index (χ2n) is 19.9. The highest BCUT2D eigenvalue weighted by molar-refractivity contribution is 7.47. The third-order valence-electron chi connectivity index (χ3n) is 11.9. The van der Waals surface area contributed by atoms with Gasteiger partial charge < -0.3 is 18.9 Å². The van der Waals surface area contributed by atoms with Crippen LogP contribution in [-0.2, 0) is 32.7 Å². The molecule has 0 bridgehead atoms. The number of phosphoric ester groups is 1. The highest BCUT2D eigenvalue weighted by Crippen LogP contribution is 2.43. The quantitative estimate of drug-likeness (QED) is 0.0211. The molecule has 0 aromatic carbocycles. The molecule has 0 rings (SSSR count). The fraction of sp³-hybridized carbons (Fsp3) is 0.733. The maximum atomic E-state index is 12.8. The number of carbonyl (C=O) groups excluding carboxylic acids is 2. The van der Waals surface area contributed by atoms with Gasteiger partial charge in [0.15, 0.2) is 6.10 Å². The Bertz CT molecular complexity index is 1460. The molecular formula is C60H107NO8P+. The molecule has 0 spiro atoms. The van der Waals surface area contributed by atoms with Crippen LogP contribution >= 0.6 is 7.82 Å². The Balaban J connectivity index is 4.20. The molecule has 0 saturated carbocycles. The van der Waals surface area contributed by atoms with Gasteiger partial charge in [-0.2, -0.15) is 0 Å². The van der Waals surface area contributed by atoms with E-state index in [-0.39, 0.29) is 32.0 Å². The van der Waals surface area contributed by atoms with Crippen LogP contribution < -0.4 is 0 Å². The zero-order chi connectivity index (χ0) is 51.3. The van der Waals surface area contributed by atoms with Gasteiger partial charge in [0.2, 0.25) is 0 Å². The molecule has 1 N–H and O–H groups in total. The lowest BCUT2D eigenvalue weighted by molar-refractivity contribution is -0.870. The van der Waals surface area contributed by atoms with E-state index in [0.717, 1.165) is 83.5 Å². The van der Waals surface area contributed by atoms with Crippen molar-refractivity contribution < 1.29 is 42.1 Å². The van der Waals surface area contributed by atoms with Crippen LogP contribution in [-0.4, -0.2) is 74.9 Å². The third-order valence-corrected chi connectivity index (χ3v) is 12.9. The minimum atomic E-state index is -4.39. The number of esters is 2. The summed E-state index contributed by atoms with van der Waals surface area (Å²) in [7, 11) is 1.47. The van der Waals surface area contributed by atoms with Gasteiger partial charge >= 0.3 is 19.8 Å². The van der Waals surface area contributed by atoms with Crippen LogP contribution in [0.25, 0.3) is 0 Å². The fourth-order valence-corrected chi connectivity index (χ4v) is 8.28. The predicted molar refractivity (Wildman–Crippen MR) is 298 cm³/mol. The number of allylic oxidation sites excluding steroid dienone is 14. The van der Waals surface area contributed by atoms with Crippen LogP contribution in [0.3, 0.4) is 0 Å². The summed E-state index contributed by atoms with van der Waals surface area (Å²) in [5, 5.41) is 0. The van der Waals surface area contributed by atoms with E-state index in [9.17, 15) is 19.0 Å². The standard InChI is InChI=1S/C60H106NO8P/c1-6-8-10-12-14-16-18-20-22-24-26-27-28-29-30-31-32-33-35-37-39-41-43-45-47-49-51-53-60(63)69-58(57-68-70(64,65)67-55-54-61(3,4)5)56-66-59(62)52-50-48-46-44-42-40-38-36-34-25-23-21-19-17-15-13-11-9-7-2/h8,10,14-17,20-23,26-27,29-30,58H,6-7,9,11-13,18-19,24-25,28,31-57H2,1-5H3/p+1/b10-8-,16-14-,17-15-,22-20-,23-21-,27-26-,30-29-. The monoisotopic (exact) mass is 1000 g/mol. The molecule has 0 aliphatic heterocycles. The third kappa shape index (κ3) is 54.5. The van der Waals surface area contributed by atoms with Crippen molar-refractivity contribution in [3.63, 3.8) is 0 Å². The summed E-state index contributed by atoms with van der Waals surface area (Å²) in [5.41, 5.74) is 0. The normalized spacial score (nSPS) is 14.0. The maximum absolute atomic E-state index is 12.8. The summed E-state index contributed by atoms with van der Waals surface area (Å²) in [5.74, 6) is -0.806. The van der Waals surface area contributed by atoms with Gasteiger partial charge in [-0.1, -0.05) is 214 Å². The minimum Gasteiger partial charge on any atom is -0.462 e. The molecule has 2 atom stereocenters. The molecule has 0 aromatic rings. The van der Waals surface area contributed by atoms with Gasteiger partial charge in [-0.25, -0.2) is 4.57 Å². The Kier molecular flexibility index (Phi) is 49.1. The van der Waals surface area contributed by atoms with Crippen LogP contribution in [0.15, 0.2) is 85.1 Å². The van der Waals surface area contributed by atoms with E-state index < -0.39 is 26.5 Å². The van der Waals surface area contributed by atoms with Crippen LogP contribution in [0, 0.1) is 0 Å². The van der Waals surface area contributed by atoms with Crippen LogP contribution in [0.2, 0.25) is 0 Å². The van der Waals surface area contributed by atoms with E-state index in [1.807, 2.05) is 21.1 Å². The van der Waals surface area contributed by atoms with Gasteiger partial charge in [0.1, 0.15) is 19.8 Å². The number of nitrogens with zero attached hydrogens (tertiary/aromatic N) is 1. The molecule has 0 aliphatic carbocycles. The van der Waals surface area contributed by atoms with Gasteiger partial charge in [0.25, 0.3) is 0 Å². The molecule has 70 heavy (non-hydrogen) atoms. The predicted octanol–water partition coefficient (Wildman–Crippen LogP) is 17.5. The Hall–Kier alpha value is -2.81. The number of phosphoric acid groups is 1. The number of unbranched alkanes of at least 4 members (excludes halogenated alkanes) is 23. The van der Waals surface area contributed by atoms with Crippen molar-refractivity contribution in [1.82, 2.24) is 0 Å². The van der Waals surface area contributed by atoms with Crippen LogP contribution in [0.1, 0.15) is 232 Å². The molecule has 0 radical (unpaired) electrons. The minimum absolute atomic E-state index is 0.0271. The lowest BCUT2D eigenvalue weighted by Crippen LogP contribution is -2.37. The molecule has 0 heterocycles. The van der Waals surface area contributed by atoms with Gasteiger partial charge in [0.05, 0.1) is 27.7 Å². The van der Waals surface area contributed by atoms with E-state index in [0.29, 0.717) is 17.4 Å². The number of quaternary nitrogens is 1. The Morgan fingerprint density at radius 3 is 1.21 bits per heavy atom. The van der Waals surface area contributed by atoms with Gasteiger partial charge in [-0.05, 0) is 89.9 Å². The van der Waals surface area contributed by atoms with Crippen molar-refractivity contribution in [2.75, 3.05) is 47.5 Å². The van der Waals surface area contributed by atoms with Crippen LogP contribution in [0.5, 0.6) is 0 Å². The summed E-state index contributed by atoms with van der Waals surface area (Å²) < 4.78 is 34.5. The Morgan fingerprint density at radius 1 is 0.457 bits per heavy atom. The first-order valence-corrected chi connectivity index (χ1v) is 29.8. The van der Waals surface area contributed by atoms with E-state index in [2.05, 4.69) is 98.9 Å². The summed E-state index contributed by atoms with van der Waals surface area (Å²) in [6, 6.07) is 0. The Labute approximate surface area is 431 Å². The highest BCUT2D eigenvalue weighted by atomic mass is 31.2. The van der Waals surface area contributed by atoms with Crippen LogP contribution in [0.4, 0.5) is 0 Å². The number of rotatable bonds is 51. The van der Waals surface area contributed by atoms with E-state index in [1.54, 1.807) is 0 Å². The van der Waals surface area contributed by atoms with E-state index in [4.69, 9.17) is 18.5 Å². The van der Waals surface area contributed by atoms with Crippen molar-refractivity contribution in [1.29, 1.82) is 0 Å². The smallest absolute Gasteiger partial charge is 0.462 e. The number of hydrogen-bond donors (Lipinski definition) is 1.